The molecule has 39 heavy (non-hydrogen) atoms. The van der Waals surface area contributed by atoms with E-state index in [1.54, 1.807) is 59.4 Å². The van der Waals surface area contributed by atoms with Crippen LogP contribution in [0, 0.1) is 5.92 Å². The summed E-state index contributed by atoms with van der Waals surface area (Å²) in [4.78, 5) is 14.1. The topological polar surface area (TPSA) is 123 Å². The number of nitrogens with one attached hydrogen (secondary N) is 1. The average molecular weight is 556 g/mol. The van der Waals surface area contributed by atoms with Crippen LogP contribution in [0.2, 0.25) is 0 Å². The molecule has 1 aliphatic heterocycles. The highest BCUT2D eigenvalue weighted by Crippen LogP contribution is 2.40. The normalized spacial score (nSPS) is 14.3. The Morgan fingerprint density at radius 2 is 1.49 bits per heavy atom. The largest absolute Gasteiger partial charge is 0.493 e. The summed E-state index contributed by atoms with van der Waals surface area (Å²) >= 11 is 0. The summed E-state index contributed by atoms with van der Waals surface area (Å²) in [5, 5.41) is 11.5. The Kier molecular flexibility index (Phi) is 8.56. The third-order valence-electron chi connectivity index (χ3n) is 6.46. The second-order valence-electron chi connectivity index (χ2n) is 9.25. The number of piperazine rings is 1. The number of sulfonamides is 1. The number of anilines is 2. The lowest BCUT2D eigenvalue weighted by Crippen LogP contribution is -2.49. The summed E-state index contributed by atoms with van der Waals surface area (Å²) < 4.78 is 44.1. The molecule has 1 N–H and O–H groups in total. The standard InChI is InChI=1S/C27H33N5O6S/c1-18(2)27(33)28-20-6-8-21(9-7-20)39(34,35)32-14-12-31(13-15-32)25-11-10-22(29-30-25)19-16-23(36-3)26(38-5)24(17-19)37-4/h6-11,16-18H,12-15H2,1-5H3,(H,28,33). The summed E-state index contributed by atoms with van der Waals surface area (Å²) in [5.41, 5.74) is 1.95. The van der Waals surface area contributed by atoms with Gasteiger partial charge in [0.05, 0.1) is 31.9 Å². The number of carbonyl (C=O) groups excluding carboxylic acids is 1. The van der Waals surface area contributed by atoms with Gasteiger partial charge >= 0.3 is 0 Å². The molecule has 4 rings (SSSR count). The quantitative estimate of drug-likeness (QED) is 0.424. The van der Waals surface area contributed by atoms with Gasteiger partial charge in [-0.05, 0) is 48.5 Å². The molecule has 3 aromatic rings. The Labute approximate surface area is 228 Å². The first-order chi connectivity index (χ1) is 18.7. The maximum absolute atomic E-state index is 13.2. The van der Waals surface area contributed by atoms with Crippen molar-refractivity contribution < 1.29 is 27.4 Å². The van der Waals surface area contributed by atoms with Gasteiger partial charge < -0.3 is 24.4 Å². The lowest BCUT2D eigenvalue weighted by atomic mass is 10.1. The Morgan fingerprint density at radius 3 is 1.97 bits per heavy atom. The third kappa shape index (κ3) is 6.07. The zero-order valence-corrected chi connectivity index (χ0v) is 23.5. The number of rotatable bonds is 9. The second kappa shape index (κ2) is 11.9. The van der Waals surface area contributed by atoms with Crippen molar-refractivity contribution >= 4 is 27.4 Å². The first-order valence-corrected chi connectivity index (χ1v) is 13.9. The van der Waals surface area contributed by atoms with Crippen LogP contribution in [-0.4, -0.2) is 76.3 Å². The van der Waals surface area contributed by atoms with Crippen LogP contribution < -0.4 is 24.4 Å². The SMILES string of the molecule is COc1cc(-c2ccc(N3CCN(S(=O)(=O)c4ccc(NC(=O)C(C)C)cc4)CC3)nn2)cc(OC)c1OC. The number of hydrogen-bond acceptors (Lipinski definition) is 9. The number of nitrogens with zero attached hydrogens (tertiary/aromatic N) is 4. The molecule has 0 atom stereocenters. The maximum atomic E-state index is 13.2. The highest BCUT2D eigenvalue weighted by molar-refractivity contribution is 7.89. The molecule has 0 unspecified atom stereocenters. The number of carbonyl (C=O) groups is 1. The van der Waals surface area contributed by atoms with Crippen LogP contribution in [0.5, 0.6) is 17.2 Å². The molecule has 208 valence electrons. The van der Waals surface area contributed by atoms with E-state index >= 15 is 0 Å². The monoisotopic (exact) mass is 555 g/mol. The number of benzene rings is 2. The first kappa shape index (κ1) is 28.1. The number of ether oxygens (including phenoxy) is 3. The van der Waals surface area contributed by atoms with Crippen LogP contribution in [0.4, 0.5) is 11.5 Å². The predicted octanol–water partition coefficient (Wildman–Crippen LogP) is 3.27. The average Bonchev–Trinajstić information content (AvgIpc) is 2.96. The molecule has 1 saturated heterocycles. The molecule has 1 aliphatic rings. The van der Waals surface area contributed by atoms with E-state index in [0.717, 1.165) is 5.56 Å². The minimum Gasteiger partial charge on any atom is -0.493 e. The number of methoxy groups -OCH3 is 3. The first-order valence-electron chi connectivity index (χ1n) is 12.5. The molecule has 2 heterocycles. The van der Waals surface area contributed by atoms with Gasteiger partial charge in [0.15, 0.2) is 17.3 Å². The van der Waals surface area contributed by atoms with Gasteiger partial charge in [-0.3, -0.25) is 4.79 Å². The molecule has 1 amide bonds. The van der Waals surface area contributed by atoms with Gasteiger partial charge in [-0.1, -0.05) is 13.8 Å². The zero-order valence-electron chi connectivity index (χ0n) is 22.7. The number of aromatic nitrogens is 2. The van der Waals surface area contributed by atoms with E-state index in [4.69, 9.17) is 14.2 Å². The van der Waals surface area contributed by atoms with Crippen molar-refractivity contribution in [2.45, 2.75) is 18.7 Å². The fourth-order valence-corrected chi connectivity index (χ4v) is 5.60. The lowest BCUT2D eigenvalue weighted by molar-refractivity contribution is -0.118. The Balaban J connectivity index is 1.42. The second-order valence-corrected chi connectivity index (χ2v) is 11.2. The van der Waals surface area contributed by atoms with E-state index in [-0.39, 0.29) is 16.7 Å². The molecule has 0 bridgehead atoms. The van der Waals surface area contributed by atoms with Gasteiger partial charge in [-0.15, -0.1) is 10.2 Å². The van der Waals surface area contributed by atoms with Crippen molar-refractivity contribution in [3.8, 4) is 28.5 Å². The Bertz CT molecular complexity index is 1380. The van der Waals surface area contributed by atoms with Crippen molar-refractivity contribution in [2.24, 2.45) is 5.92 Å². The molecule has 1 aromatic heterocycles. The van der Waals surface area contributed by atoms with E-state index in [2.05, 4.69) is 15.5 Å². The van der Waals surface area contributed by atoms with Crippen molar-refractivity contribution in [2.75, 3.05) is 57.7 Å². The minimum absolute atomic E-state index is 0.124. The van der Waals surface area contributed by atoms with Gasteiger partial charge in [-0.25, -0.2) is 8.42 Å². The van der Waals surface area contributed by atoms with Crippen LogP contribution in [0.15, 0.2) is 53.4 Å². The van der Waals surface area contributed by atoms with Crippen LogP contribution in [0.1, 0.15) is 13.8 Å². The summed E-state index contributed by atoms with van der Waals surface area (Å²) in [6.07, 6.45) is 0. The van der Waals surface area contributed by atoms with Crippen molar-refractivity contribution in [1.82, 2.24) is 14.5 Å². The van der Waals surface area contributed by atoms with E-state index in [1.165, 1.54) is 16.4 Å². The van der Waals surface area contributed by atoms with E-state index in [9.17, 15) is 13.2 Å². The fourth-order valence-electron chi connectivity index (χ4n) is 4.18. The highest BCUT2D eigenvalue weighted by Gasteiger charge is 2.29. The van der Waals surface area contributed by atoms with Crippen molar-refractivity contribution in [3.63, 3.8) is 0 Å². The minimum atomic E-state index is -3.67. The van der Waals surface area contributed by atoms with Crippen molar-refractivity contribution in [1.29, 1.82) is 0 Å². The van der Waals surface area contributed by atoms with E-state index in [0.29, 0.717) is 60.6 Å². The molecule has 11 nitrogen and oxygen atoms in total. The van der Waals surface area contributed by atoms with E-state index < -0.39 is 10.0 Å². The smallest absolute Gasteiger partial charge is 0.243 e. The fraction of sp³-hybridized carbons (Fsp3) is 0.370. The Hall–Kier alpha value is -3.90. The molecular formula is C27H33N5O6S. The molecule has 12 heteroatoms. The molecule has 2 aromatic carbocycles. The molecular weight excluding hydrogens is 522 g/mol. The van der Waals surface area contributed by atoms with Crippen LogP contribution in [-0.2, 0) is 14.8 Å². The van der Waals surface area contributed by atoms with Crippen LogP contribution in [0.25, 0.3) is 11.3 Å². The van der Waals surface area contributed by atoms with Crippen molar-refractivity contribution in [3.05, 3.63) is 48.5 Å². The molecule has 0 radical (unpaired) electrons. The zero-order chi connectivity index (χ0) is 28.2. The Morgan fingerprint density at radius 1 is 0.872 bits per heavy atom. The van der Waals surface area contributed by atoms with Gasteiger partial charge in [0.1, 0.15) is 0 Å². The summed E-state index contributed by atoms with van der Waals surface area (Å²) in [7, 11) is 0.987. The van der Waals surface area contributed by atoms with Gasteiger partial charge in [-0.2, -0.15) is 4.31 Å². The lowest BCUT2D eigenvalue weighted by Gasteiger charge is -2.34. The summed E-state index contributed by atoms with van der Waals surface area (Å²) in [6, 6.07) is 13.6. The molecule has 0 saturated carbocycles. The van der Waals surface area contributed by atoms with Gasteiger partial charge in [0.25, 0.3) is 0 Å². The summed E-state index contributed by atoms with van der Waals surface area (Å²) in [5.74, 6) is 1.90. The third-order valence-corrected chi connectivity index (χ3v) is 8.37. The summed E-state index contributed by atoms with van der Waals surface area (Å²) in [6.45, 7) is 5.15. The molecule has 1 fully saturated rings. The van der Waals surface area contributed by atoms with Gasteiger partial charge in [0, 0.05) is 43.3 Å². The van der Waals surface area contributed by atoms with Crippen LogP contribution >= 0.6 is 0 Å². The number of amides is 1. The molecule has 0 aliphatic carbocycles. The maximum Gasteiger partial charge on any atom is 0.243 e. The molecule has 0 spiro atoms. The predicted molar refractivity (Wildman–Crippen MR) is 148 cm³/mol. The highest BCUT2D eigenvalue weighted by atomic mass is 32.2. The van der Waals surface area contributed by atoms with Gasteiger partial charge in [0.2, 0.25) is 21.7 Å². The van der Waals surface area contributed by atoms with E-state index in [1.807, 2.05) is 17.0 Å². The number of hydrogen-bond donors (Lipinski definition) is 1. The van der Waals surface area contributed by atoms with Crippen LogP contribution in [0.3, 0.4) is 0 Å².